The second-order valence-corrected chi connectivity index (χ2v) is 5.06. The number of anilines is 1. The van der Waals surface area contributed by atoms with Gasteiger partial charge in [0, 0.05) is 12.3 Å². The number of hydrogen-bond acceptors (Lipinski definition) is 3. The zero-order valence-corrected chi connectivity index (χ0v) is 10.5. The van der Waals surface area contributed by atoms with Crippen molar-refractivity contribution in [2.24, 2.45) is 0 Å². The Hall–Kier alpha value is -1.24. The molecule has 0 saturated carbocycles. The molecule has 0 aromatic heterocycles. The van der Waals surface area contributed by atoms with E-state index >= 15 is 0 Å². The van der Waals surface area contributed by atoms with Crippen LogP contribution >= 0.6 is 11.6 Å². The van der Waals surface area contributed by atoms with E-state index in [0.29, 0.717) is 17.2 Å². The molecule has 1 aromatic rings. The first-order chi connectivity index (χ1) is 8.13. The summed E-state index contributed by atoms with van der Waals surface area (Å²) in [6.07, 6.45) is 2.14. The fourth-order valence-electron chi connectivity index (χ4n) is 2.06. The second-order valence-electron chi connectivity index (χ2n) is 4.65. The quantitative estimate of drug-likeness (QED) is 0.877. The summed E-state index contributed by atoms with van der Waals surface area (Å²) in [6.45, 7) is 3.67. The van der Waals surface area contributed by atoms with Crippen LogP contribution in [-0.4, -0.2) is 18.8 Å². The number of ether oxygens (including phenoxy) is 1. The van der Waals surface area contributed by atoms with Crippen LogP contribution in [0.3, 0.4) is 0 Å². The number of nitriles is 1. The highest BCUT2D eigenvalue weighted by molar-refractivity contribution is 6.32. The molecular weight excluding hydrogens is 236 g/mol. The summed E-state index contributed by atoms with van der Waals surface area (Å²) in [5.41, 5.74) is 1.39. The Bertz CT molecular complexity index is 447. The molecule has 90 valence electrons. The SMILES string of the molecule is CC1(Nc2ccc(C#N)c(Cl)c2)CCCOC1. The zero-order chi connectivity index (χ0) is 12.3. The van der Waals surface area contributed by atoms with E-state index < -0.39 is 0 Å². The van der Waals surface area contributed by atoms with Gasteiger partial charge in [-0.05, 0) is 38.0 Å². The van der Waals surface area contributed by atoms with Crippen LogP contribution in [0.5, 0.6) is 0 Å². The van der Waals surface area contributed by atoms with Crippen molar-refractivity contribution < 1.29 is 4.74 Å². The van der Waals surface area contributed by atoms with Gasteiger partial charge in [-0.3, -0.25) is 0 Å². The van der Waals surface area contributed by atoms with E-state index in [0.717, 1.165) is 25.1 Å². The highest BCUT2D eigenvalue weighted by atomic mass is 35.5. The summed E-state index contributed by atoms with van der Waals surface area (Å²) in [5.74, 6) is 0. The van der Waals surface area contributed by atoms with E-state index in [9.17, 15) is 0 Å². The predicted molar refractivity (Wildman–Crippen MR) is 68.2 cm³/mol. The predicted octanol–water partition coefficient (Wildman–Crippen LogP) is 3.19. The molecule has 0 aliphatic carbocycles. The summed E-state index contributed by atoms with van der Waals surface area (Å²) in [5, 5.41) is 12.7. The zero-order valence-electron chi connectivity index (χ0n) is 9.79. The lowest BCUT2D eigenvalue weighted by Gasteiger charge is -2.35. The first-order valence-electron chi connectivity index (χ1n) is 5.69. The van der Waals surface area contributed by atoms with E-state index in [1.54, 1.807) is 12.1 Å². The molecule has 1 aliphatic heterocycles. The molecule has 17 heavy (non-hydrogen) atoms. The van der Waals surface area contributed by atoms with Crippen LogP contribution in [0.4, 0.5) is 5.69 Å². The van der Waals surface area contributed by atoms with Crippen molar-refractivity contribution >= 4 is 17.3 Å². The maximum Gasteiger partial charge on any atom is 0.101 e. The van der Waals surface area contributed by atoms with Crippen molar-refractivity contribution in [1.29, 1.82) is 5.26 Å². The van der Waals surface area contributed by atoms with Crippen LogP contribution in [0, 0.1) is 11.3 Å². The summed E-state index contributed by atoms with van der Waals surface area (Å²) >= 11 is 6.00. The van der Waals surface area contributed by atoms with Crippen LogP contribution in [0.2, 0.25) is 5.02 Å². The van der Waals surface area contributed by atoms with E-state index in [2.05, 4.69) is 18.3 Å². The number of nitrogens with one attached hydrogen (secondary N) is 1. The van der Waals surface area contributed by atoms with Gasteiger partial charge in [0.1, 0.15) is 6.07 Å². The number of benzene rings is 1. The Balaban J connectivity index is 2.13. The third kappa shape index (κ3) is 2.91. The van der Waals surface area contributed by atoms with Gasteiger partial charge < -0.3 is 10.1 Å². The molecule has 1 heterocycles. The lowest BCUT2D eigenvalue weighted by Crippen LogP contribution is -2.43. The Morgan fingerprint density at radius 2 is 2.35 bits per heavy atom. The van der Waals surface area contributed by atoms with Crippen molar-refractivity contribution in [3.63, 3.8) is 0 Å². The minimum Gasteiger partial charge on any atom is -0.379 e. The summed E-state index contributed by atoms with van der Waals surface area (Å²) in [7, 11) is 0. The van der Waals surface area contributed by atoms with Gasteiger partial charge in [-0.2, -0.15) is 5.26 Å². The topological polar surface area (TPSA) is 45.0 Å². The lowest BCUT2D eigenvalue weighted by atomic mass is 9.94. The second kappa shape index (κ2) is 4.95. The smallest absolute Gasteiger partial charge is 0.101 e. The van der Waals surface area contributed by atoms with Gasteiger partial charge in [0.05, 0.1) is 22.7 Å². The highest BCUT2D eigenvalue weighted by Crippen LogP contribution is 2.26. The van der Waals surface area contributed by atoms with Gasteiger partial charge in [-0.1, -0.05) is 11.6 Å². The van der Waals surface area contributed by atoms with Gasteiger partial charge in [0.25, 0.3) is 0 Å². The largest absolute Gasteiger partial charge is 0.379 e. The standard InChI is InChI=1S/C13H15ClN2O/c1-13(5-2-6-17-9-13)16-11-4-3-10(8-15)12(14)7-11/h3-4,7,16H,2,5-6,9H2,1H3. The number of nitrogens with zero attached hydrogens (tertiary/aromatic N) is 1. The molecular formula is C13H15ClN2O. The molecule has 1 aromatic carbocycles. The monoisotopic (exact) mass is 250 g/mol. The minimum atomic E-state index is -0.0459. The molecule has 1 unspecified atom stereocenters. The molecule has 1 aliphatic rings. The first-order valence-corrected chi connectivity index (χ1v) is 6.06. The van der Waals surface area contributed by atoms with Crippen LogP contribution in [0.1, 0.15) is 25.3 Å². The van der Waals surface area contributed by atoms with Crippen molar-refractivity contribution in [1.82, 2.24) is 0 Å². The Labute approximate surface area is 106 Å². The molecule has 0 bridgehead atoms. The highest BCUT2D eigenvalue weighted by Gasteiger charge is 2.27. The summed E-state index contributed by atoms with van der Waals surface area (Å²) in [6, 6.07) is 7.46. The van der Waals surface area contributed by atoms with Crippen LogP contribution in [0.25, 0.3) is 0 Å². The molecule has 0 radical (unpaired) electrons. The number of rotatable bonds is 2. The average Bonchev–Trinajstić information content (AvgIpc) is 2.29. The molecule has 4 heteroatoms. The molecule has 0 spiro atoms. The van der Waals surface area contributed by atoms with Crippen LogP contribution < -0.4 is 5.32 Å². The fraction of sp³-hybridized carbons (Fsp3) is 0.462. The minimum absolute atomic E-state index is 0.0459. The van der Waals surface area contributed by atoms with E-state index in [-0.39, 0.29) is 5.54 Å². The van der Waals surface area contributed by atoms with Crippen molar-refractivity contribution in [3.05, 3.63) is 28.8 Å². The molecule has 1 atom stereocenters. The Morgan fingerprint density at radius 3 is 2.94 bits per heavy atom. The van der Waals surface area contributed by atoms with Crippen LogP contribution in [0.15, 0.2) is 18.2 Å². The average molecular weight is 251 g/mol. The van der Waals surface area contributed by atoms with Gasteiger partial charge in [-0.25, -0.2) is 0 Å². The fourth-order valence-corrected chi connectivity index (χ4v) is 2.29. The van der Waals surface area contributed by atoms with E-state index in [1.165, 1.54) is 0 Å². The van der Waals surface area contributed by atoms with Crippen molar-refractivity contribution in [3.8, 4) is 6.07 Å². The van der Waals surface area contributed by atoms with Gasteiger partial charge in [-0.15, -0.1) is 0 Å². The maximum absolute atomic E-state index is 8.81. The normalized spacial score (nSPS) is 24.1. The Kier molecular flexibility index (Phi) is 3.56. The molecule has 0 amide bonds. The molecule has 2 rings (SSSR count). The number of hydrogen-bond donors (Lipinski definition) is 1. The van der Waals surface area contributed by atoms with Gasteiger partial charge in [0.15, 0.2) is 0 Å². The first kappa shape index (κ1) is 12.2. The summed E-state index contributed by atoms with van der Waals surface area (Å²) < 4.78 is 5.48. The number of halogens is 1. The third-order valence-corrected chi connectivity index (χ3v) is 3.29. The lowest BCUT2D eigenvalue weighted by molar-refractivity contribution is 0.0540. The summed E-state index contributed by atoms with van der Waals surface area (Å²) in [4.78, 5) is 0. The molecule has 1 fully saturated rings. The third-order valence-electron chi connectivity index (χ3n) is 2.97. The van der Waals surface area contributed by atoms with Crippen molar-refractivity contribution in [2.45, 2.75) is 25.3 Å². The molecule has 1 N–H and O–H groups in total. The molecule has 1 saturated heterocycles. The van der Waals surface area contributed by atoms with Crippen molar-refractivity contribution in [2.75, 3.05) is 18.5 Å². The van der Waals surface area contributed by atoms with Gasteiger partial charge >= 0.3 is 0 Å². The maximum atomic E-state index is 8.81. The van der Waals surface area contributed by atoms with Gasteiger partial charge in [0.2, 0.25) is 0 Å². The molecule has 3 nitrogen and oxygen atoms in total. The van der Waals surface area contributed by atoms with E-state index in [1.807, 2.05) is 6.07 Å². The van der Waals surface area contributed by atoms with Crippen LogP contribution in [-0.2, 0) is 4.74 Å². The Morgan fingerprint density at radius 1 is 1.53 bits per heavy atom. The van der Waals surface area contributed by atoms with E-state index in [4.69, 9.17) is 21.6 Å².